The number of thioether (sulfide) groups is 1. The van der Waals surface area contributed by atoms with Crippen molar-refractivity contribution in [2.24, 2.45) is 0 Å². The van der Waals surface area contributed by atoms with Gasteiger partial charge in [0, 0.05) is 18.4 Å². The molecule has 2 N–H and O–H groups in total. The van der Waals surface area contributed by atoms with Crippen LogP contribution < -0.4 is 5.32 Å². The van der Waals surface area contributed by atoms with E-state index >= 15 is 0 Å². The lowest BCUT2D eigenvalue weighted by atomic mass is 10.1. The van der Waals surface area contributed by atoms with Crippen LogP contribution in [0.4, 0.5) is 5.95 Å². The molecular weight excluding hydrogens is 288 g/mol. The van der Waals surface area contributed by atoms with Crippen molar-refractivity contribution in [2.75, 3.05) is 11.1 Å². The van der Waals surface area contributed by atoms with Gasteiger partial charge in [-0.3, -0.25) is 14.9 Å². The number of H-pyrrole nitrogens is 1. The second-order valence-electron chi connectivity index (χ2n) is 4.24. The van der Waals surface area contributed by atoms with Gasteiger partial charge in [-0.1, -0.05) is 49.0 Å². The Morgan fingerprint density at radius 3 is 2.71 bits per heavy atom. The third-order valence-corrected chi connectivity index (χ3v) is 3.40. The largest absolute Gasteiger partial charge is 0.295 e. The summed E-state index contributed by atoms with van der Waals surface area (Å²) in [5.41, 5.74) is 0.617. The molecule has 2 aromatic rings. The number of nitrogens with zero attached hydrogens (tertiary/aromatic N) is 2. The summed E-state index contributed by atoms with van der Waals surface area (Å²) in [4.78, 5) is 27.7. The summed E-state index contributed by atoms with van der Waals surface area (Å²) in [5, 5.41) is 9.77. The van der Waals surface area contributed by atoms with Crippen molar-refractivity contribution in [3.05, 3.63) is 35.9 Å². The Morgan fingerprint density at radius 2 is 2.00 bits per heavy atom. The van der Waals surface area contributed by atoms with E-state index in [1.54, 1.807) is 24.3 Å². The topological polar surface area (TPSA) is 87.7 Å². The van der Waals surface area contributed by atoms with E-state index in [0.29, 0.717) is 16.7 Å². The maximum atomic E-state index is 11.9. The molecular formula is C14H16N4O2S. The number of anilines is 1. The van der Waals surface area contributed by atoms with Crippen molar-refractivity contribution in [3.63, 3.8) is 0 Å². The highest BCUT2D eigenvalue weighted by molar-refractivity contribution is 7.99. The summed E-state index contributed by atoms with van der Waals surface area (Å²) in [7, 11) is 0. The molecule has 6 nitrogen and oxygen atoms in total. The van der Waals surface area contributed by atoms with E-state index in [9.17, 15) is 9.59 Å². The van der Waals surface area contributed by atoms with Gasteiger partial charge in [-0.25, -0.2) is 5.10 Å². The van der Waals surface area contributed by atoms with Gasteiger partial charge in [-0.05, 0) is 5.75 Å². The predicted molar refractivity (Wildman–Crippen MR) is 81.4 cm³/mol. The zero-order valence-corrected chi connectivity index (χ0v) is 12.4. The molecule has 0 aliphatic heterocycles. The number of carbonyl (C=O) groups is 2. The molecule has 0 saturated heterocycles. The molecule has 0 unspecified atom stereocenters. The van der Waals surface area contributed by atoms with Crippen LogP contribution in [-0.2, 0) is 4.79 Å². The zero-order valence-electron chi connectivity index (χ0n) is 11.6. The second kappa shape index (κ2) is 7.58. The van der Waals surface area contributed by atoms with E-state index in [1.165, 1.54) is 11.8 Å². The molecule has 2 rings (SSSR count). The Morgan fingerprint density at radius 1 is 1.24 bits per heavy atom. The van der Waals surface area contributed by atoms with Crippen LogP contribution in [0.1, 0.15) is 30.1 Å². The fourth-order valence-corrected chi connectivity index (χ4v) is 2.21. The number of Topliss-reactive ketones (excluding diaryl/α,β-unsaturated/α-hetero) is 1. The summed E-state index contributed by atoms with van der Waals surface area (Å²) in [6.07, 6.45) is 0.283. The van der Waals surface area contributed by atoms with Gasteiger partial charge in [-0.15, -0.1) is 5.10 Å². The first-order valence-corrected chi connectivity index (χ1v) is 7.61. The predicted octanol–water partition coefficient (Wildman–Crippen LogP) is 2.52. The number of aromatic amines is 1. The highest BCUT2D eigenvalue weighted by Gasteiger charge is 2.11. The number of ketones is 1. The Bertz CT molecular complexity index is 612. The number of aromatic nitrogens is 3. The minimum atomic E-state index is -0.261. The minimum Gasteiger partial charge on any atom is -0.295 e. The van der Waals surface area contributed by atoms with Gasteiger partial charge in [0.1, 0.15) is 0 Å². The lowest BCUT2D eigenvalue weighted by Crippen LogP contribution is -2.14. The summed E-state index contributed by atoms with van der Waals surface area (Å²) < 4.78 is 0. The number of amides is 1. The summed E-state index contributed by atoms with van der Waals surface area (Å²) in [6, 6.07) is 8.93. The van der Waals surface area contributed by atoms with Crippen molar-refractivity contribution >= 4 is 29.4 Å². The lowest BCUT2D eigenvalue weighted by Gasteiger charge is -2.01. The van der Waals surface area contributed by atoms with Gasteiger partial charge in [0.25, 0.3) is 0 Å². The smallest absolute Gasteiger partial charge is 0.227 e. The minimum absolute atomic E-state index is 0.0504. The zero-order chi connectivity index (χ0) is 15.1. The number of benzene rings is 1. The lowest BCUT2D eigenvalue weighted by molar-refractivity contribution is -0.116. The normalized spacial score (nSPS) is 10.3. The molecule has 110 valence electrons. The quantitative estimate of drug-likeness (QED) is 0.606. The molecule has 0 fully saturated rings. The van der Waals surface area contributed by atoms with Gasteiger partial charge in [0.2, 0.25) is 17.0 Å². The highest BCUT2D eigenvalue weighted by atomic mass is 32.2. The molecule has 1 heterocycles. The molecule has 1 aromatic carbocycles. The van der Waals surface area contributed by atoms with Gasteiger partial charge in [0.05, 0.1) is 0 Å². The van der Waals surface area contributed by atoms with Crippen LogP contribution in [-0.4, -0.2) is 32.6 Å². The van der Waals surface area contributed by atoms with E-state index in [0.717, 1.165) is 5.75 Å². The van der Waals surface area contributed by atoms with E-state index in [-0.39, 0.29) is 24.5 Å². The standard InChI is InChI=1S/C14H16N4O2S/c1-2-21-14-16-13(17-18-14)15-12(20)9-8-11(19)10-6-4-3-5-7-10/h3-7H,2,8-9H2,1H3,(H2,15,16,17,18,20). The van der Waals surface area contributed by atoms with Crippen LogP contribution in [0.2, 0.25) is 0 Å². The summed E-state index contributed by atoms with van der Waals surface area (Å²) in [6.45, 7) is 1.99. The Labute approximate surface area is 126 Å². The van der Waals surface area contributed by atoms with Crippen LogP contribution in [0.5, 0.6) is 0 Å². The number of nitrogens with one attached hydrogen (secondary N) is 2. The molecule has 0 atom stereocenters. The fourth-order valence-electron chi connectivity index (χ4n) is 1.69. The molecule has 0 aliphatic carbocycles. The van der Waals surface area contributed by atoms with Crippen LogP contribution in [0.3, 0.4) is 0 Å². The Balaban J connectivity index is 1.80. The molecule has 0 bridgehead atoms. The first-order chi connectivity index (χ1) is 10.2. The fraction of sp³-hybridized carbons (Fsp3) is 0.286. The SMILES string of the molecule is CCSc1n[nH]c(NC(=O)CCC(=O)c2ccccc2)n1. The van der Waals surface area contributed by atoms with Gasteiger partial charge in [0.15, 0.2) is 5.78 Å². The first kappa shape index (κ1) is 15.2. The van der Waals surface area contributed by atoms with E-state index in [4.69, 9.17) is 0 Å². The summed E-state index contributed by atoms with van der Waals surface area (Å²) >= 11 is 1.48. The van der Waals surface area contributed by atoms with Gasteiger partial charge in [-0.2, -0.15) is 4.98 Å². The third-order valence-electron chi connectivity index (χ3n) is 2.67. The van der Waals surface area contributed by atoms with Gasteiger partial charge >= 0.3 is 0 Å². The molecule has 1 amide bonds. The monoisotopic (exact) mass is 304 g/mol. The summed E-state index contributed by atoms with van der Waals surface area (Å²) in [5.74, 6) is 0.855. The molecule has 7 heteroatoms. The van der Waals surface area contributed by atoms with Crippen molar-refractivity contribution < 1.29 is 9.59 Å². The van der Waals surface area contributed by atoms with Crippen LogP contribution >= 0.6 is 11.8 Å². The maximum absolute atomic E-state index is 11.9. The first-order valence-electron chi connectivity index (χ1n) is 6.62. The highest BCUT2D eigenvalue weighted by Crippen LogP contribution is 2.13. The van der Waals surface area contributed by atoms with Crippen molar-refractivity contribution in [3.8, 4) is 0 Å². The number of hydrogen-bond acceptors (Lipinski definition) is 5. The van der Waals surface area contributed by atoms with Crippen molar-refractivity contribution in [1.82, 2.24) is 15.2 Å². The average Bonchev–Trinajstić information content (AvgIpc) is 2.93. The van der Waals surface area contributed by atoms with E-state index in [1.807, 2.05) is 13.0 Å². The van der Waals surface area contributed by atoms with Crippen LogP contribution in [0.15, 0.2) is 35.5 Å². The maximum Gasteiger partial charge on any atom is 0.227 e. The molecule has 21 heavy (non-hydrogen) atoms. The molecule has 0 spiro atoms. The third kappa shape index (κ3) is 4.71. The van der Waals surface area contributed by atoms with Crippen LogP contribution in [0.25, 0.3) is 0 Å². The molecule has 0 saturated carbocycles. The van der Waals surface area contributed by atoms with Crippen molar-refractivity contribution in [1.29, 1.82) is 0 Å². The Hall–Kier alpha value is -2.15. The molecule has 1 aromatic heterocycles. The molecule has 0 aliphatic rings. The number of rotatable bonds is 7. The number of carbonyl (C=O) groups excluding carboxylic acids is 2. The van der Waals surface area contributed by atoms with Crippen molar-refractivity contribution in [2.45, 2.75) is 24.9 Å². The van der Waals surface area contributed by atoms with Gasteiger partial charge < -0.3 is 0 Å². The van der Waals surface area contributed by atoms with E-state index in [2.05, 4.69) is 20.5 Å². The number of hydrogen-bond donors (Lipinski definition) is 2. The average molecular weight is 304 g/mol. The Kier molecular flexibility index (Phi) is 5.51. The van der Waals surface area contributed by atoms with E-state index < -0.39 is 0 Å². The second-order valence-corrected chi connectivity index (χ2v) is 5.47. The molecule has 0 radical (unpaired) electrons. The van der Waals surface area contributed by atoms with Crippen LogP contribution in [0, 0.1) is 0 Å².